The van der Waals surface area contributed by atoms with Gasteiger partial charge >= 0.3 is 51.4 Å². The minimum atomic E-state index is -4.35. The topological polar surface area (TPSA) is 77.4 Å². The van der Waals surface area contributed by atoms with Crippen LogP contribution in [0.3, 0.4) is 0 Å². The van der Waals surface area contributed by atoms with Crippen molar-refractivity contribution in [3.05, 3.63) is 0 Å². The molecule has 0 radical (unpaired) electrons. The first-order valence-corrected chi connectivity index (χ1v) is 6.03. The number of aliphatic hydroxyl groups excluding tert-OH is 1. The van der Waals surface area contributed by atoms with Gasteiger partial charge in [-0.15, -0.1) is 0 Å². The smallest absolute Gasteiger partial charge is 0.748 e. The van der Waals surface area contributed by atoms with Crippen LogP contribution in [0.15, 0.2) is 0 Å². The van der Waals surface area contributed by atoms with Crippen LogP contribution in [-0.2, 0) is 10.1 Å². The minimum absolute atomic E-state index is 0. The van der Waals surface area contributed by atoms with Crippen LogP contribution < -0.4 is 51.4 Å². The number of aliphatic hydroxyl groups is 1. The molecule has 14 heavy (non-hydrogen) atoms. The van der Waals surface area contributed by atoms with Gasteiger partial charge in [0.05, 0.1) is 11.4 Å². The summed E-state index contributed by atoms with van der Waals surface area (Å²) in [4.78, 5) is 0. The molecular weight excluding hydrogens is 231 g/mol. The van der Waals surface area contributed by atoms with Crippen molar-refractivity contribution in [3.63, 3.8) is 0 Å². The standard InChI is InChI=1S/C8H18O4S.K/c1-3-5-7(9)8(6-4-2)13(10,11)12;/h7-9H,3-6H2,1-2H3,(H,10,11,12);/q;+1/p-1/t7-,8+;/m0./s1. The van der Waals surface area contributed by atoms with E-state index >= 15 is 0 Å². The molecule has 0 spiro atoms. The van der Waals surface area contributed by atoms with Crippen LogP contribution in [0.1, 0.15) is 39.5 Å². The van der Waals surface area contributed by atoms with E-state index in [9.17, 15) is 18.1 Å². The Morgan fingerprint density at radius 1 is 1.21 bits per heavy atom. The third kappa shape index (κ3) is 6.89. The second-order valence-corrected chi connectivity index (χ2v) is 4.77. The minimum Gasteiger partial charge on any atom is -0.748 e. The van der Waals surface area contributed by atoms with Crippen LogP contribution in [0.4, 0.5) is 0 Å². The fourth-order valence-corrected chi connectivity index (χ4v) is 2.34. The van der Waals surface area contributed by atoms with Gasteiger partial charge in [0, 0.05) is 0 Å². The van der Waals surface area contributed by atoms with Gasteiger partial charge in [-0.2, -0.15) is 0 Å². The molecule has 0 amide bonds. The van der Waals surface area contributed by atoms with Gasteiger partial charge in [0.2, 0.25) is 0 Å². The largest absolute Gasteiger partial charge is 1.00 e. The van der Waals surface area contributed by atoms with Gasteiger partial charge in [0.1, 0.15) is 10.1 Å². The van der Waals surface area contributed by atoms with E-state index < -0.39 is 21.5 Å². The third-order valence-corrected chi connectivity index (χ3v) is 3.25. The summed E-state index contributed by atoms with van der Waals surface area (Å²) < 4.78 is 32.2. The predicted molar refractivity (Wildman–Crippen MR) is 49.3 cm³/mol. The summed E-state index contributed by atoms with van der Waals surface area (Å²) in [7, 11) is -4.35. The average molecular weight is 248 g/mol. The van der Waals surface area contributed by atoms with Crippen LogP contribution >= 0.6 is 0 Å². The first-order chi connectivity index (χ1) is 5.93. The molecule has 0 saturated carbocycles. The molecule has 0 rings (SSSR count). The summed E-state index contributed by atoms with van der Waals surface area (Å²) in [6, 6.07) is 0. The molecule has 0 unspecified atom stereocenters. The van der Waals surface area contributed by atoms with Crippen molar-refractivity contribution in [1.29, 1.82) is 0 Å². The van der Waals surface area contributed by atoms with Gasteiger partial charge in [0.25, 0.3) is 0 Å². The van der Waals surface area contributed by atoms with E-state index in [1.165, 1.54) is 0 Å². The molecule has 0 heterocycles. The molecule has 0 aliphatic carbocycles. The molecule has 0 aliphatic heterocycles. The second-order valence-electron chi connectivity index (χ2n) is 3.18. The van der Waals surface area contributed by atoms with Crippen molar-refractivity contribution in [3.8, 4) is 0 Å². The molecule has 80 valence electrons. The molecule has 0 aromatic carbocycles. The van der Waals surface area contributed by atoms with E-state index in [1.807, 2.05) is 6.92 Å². The Morgan fingerprint density at radius 2 is 1.64 bits per heavy atom. The molecule has 0 fully saturated rings. The van der Waals surface area contributed by atoms with Crippen LogP contribution in [0.25, 0.3) is 0 Å². The summed E-state index contributed by atoms with van der Waals surface area (Å²) in [5.74, 6) is 0. The van der Waals surface area contributed by atoms with Crippen molar-refractivity contribution in [2.45, 2.75) is 50.9 Å². The summed E-state index contributed by atoms with van der Waals surface area (Å²) in [5, 5.41) is 8.27. The van der Waals surface area contributed by atoms with E-state index in [0.29, 0.717) is 19.3 Å². The van der Waals surface area contributed by atoms with E-state index in [1.54, 1.807) is 6.92 Å². The van der Waals surface area contributed by atoms with E-state index in [4.69, 9.17) is 0 Å². The van der Waals surface area contributed by atoms with Gasteiger partial charge in [-0.1, -0.05) is 26.7 Å². The number of hydrogen-bond donors (Lipinski definition) is 1. The van der Waals surface area contributed by atoms with Crippen LogP contribution in [0.5, 0.6) is 0 Å². The Balaban J connectivity index is 0. The summed E-state index contributed by atoms with van der Waals surface area (Å²) in [6.45, 7) is 3.63. The van der Waals surface area contributed by atoms with Crippen LogP contribution in [-0.4, -0.2) is 29.4 Å². The predicted octanol–water partition coefficient (Wildman–Crippen LogP) is -2.13. The first kappa shape index (κ1) is 17.9. The monoisotopic (exact) mass is 248 g/mol. The number of rotatable bonds is 6. The first-order valence-electron chi connectivity index (χ1n) is 4.56. The molecule has 0 aliphatic rings. The van der Waals surface area contributed by atoms with Crippen molar-refractivity contribution in [2.75, 3.05) is 0 Å². The Kier molecular flexibility index (Phi) is 11.0. The molecule has 6 heteroatoms. The quantitative estimate of drug-likeness (QED) is 0.430. The zero-order valence-corrected chi connectivity index (χ0v) is 13.0. The van der Waals surface area contributed by atoms with Crippen LogP contribution in [0, 0.1) is 0 Å². The maximum absolute atomic E-state index is 10.7. The molecule has 1 N–H and O–H groups in total. The SMILES string of the molecule is CCC[C@H]([C@@H](O)CCC)S(=O)(=O)[O-].[K+]. The van der Waals surface area contributed by atoms with Crippen molar-refractivity contribution >= 4 is 10.1 Å². The zero-order chi connectivity index (χ0) is 10.5. The molecular formula is C8H17KO4S. The molecule has 4 nitrogen and oxygen atoms in total. The summed E-state index contributed by atoms with van der Waals surface area (Å²) in [6.07, 6.45) is 0.871. The summed E-state index contributed by atoms with van der Waals surface area (Å²) in [5.41, 5.74) is 0. The van der Waals surface area contributed by atoms with Gasteiger partial charge in [-0.3, -0.25) is 0 Å². The van der Waals surface area contributed by atoms with Crippen molar-refractivity contribution in [2.24, 2.45) is 0 Å². The van der Waals surface area contributed by atoms with Gasteiger partial charge < -0.3 is 9.66 Å². The fraction of sp³-hybridized carbons (Fsp3) is 1.00. The zero-order valence-electron chi connectivity index (χ0n) is 9.06. The van der Waals surface area contributed by atoms with Crippen molar-refractivity contribution in [1.82, 2.24) is 0 Å². The normalized spacial score (nSPS) is 15.7. The Labute approximate surface area is 129 Å². The fourth-order valence-electron chi connectivity index (χ4n) is 1.30. The Hall–Kier alpha value is 1.51. The van der Waals surface area contributed by atoms with E-state index in [2.05, 4.69) is 0 Å². The van der Waals surface area contributed by atoms with Crippen molar-refractivity contribution < 1.29 is 69.5 Å². The van der Waals surface area contributed by atoms with Gasteiger partial charge in [-0.25, -0.2) is 8.42 Å². The van der Waals surface area contributed by atoms with Crippen LogP contribution in [0.2, 0.25) is 0 Å². The molecule has 0 aromatic heterocycles. The Bertz CT molecular complexity index is 227. The maximum Gasteiger partial charge on any atom is 1.00 e. The third-order valence-electron chi connectivity index (χ3n) is 1.96. The molecule has 0 bridgehead atoms. The van der Waals surface area contributed by atoms with E-state index in [-0.39, 0.29) is 57.8 Å². The average Bonchev–Trinajstić information content (AvgIpc) is 1.98. The molecule has 0 aromatic rings. The second kappa shape index (κ2) is 8.63. The maximum atomic E-state index is 10.7. The number of hydrogen-bond acceptors (Lipinski definition) is 4. The van der Waals surface area contributed by atoms with Gasteiger partial charge in [-0.05, 0) is 12.8 Å². The van der Waals surface area contributed by atoms with E-state index in [0.717, 1.165) is 0 Å². The summed E-state index contributed by atoms with van der Waals surface area (Å²) >= 11 is 0. The van der Waals surface area contributed by atoms with Gasteiger partial charge in [0.15, 0.2) is 0 Å². The Morgan fingerprint density at radius 3 is 1.93 bits per heavy atom. The molecule has 2 atom stereocenters. The molecule has 0 saturated heterocycles.